The Bertz CT molecular complexity index is 1240. The summed E-state index contributed by atoms with van der Waals surface area (Å²) in [5, 5.41) is 0. The van der Waals surface area contributed by atoms with Gasteiger partial charge in [-0.2, -0.15) is 0 Å². The van der Waals surface area contributed by atoms with Crippen LogP contribution in [0.25, 0.3) is 11.1 Å². The molecule has 0 amide bonds. The van der Waals surface area contributed by atoms with Crippen molar-refractivity contribution in [3.63, 3.8) is 0 Å². The van der Waals surface area contributed by atoms with E-state index in [1.165, 1.54) is 13.2 Å². The van der Waals surface area contributed by atoms with E-state index in [1.54, 1.807) is 18.2 Å². The van der Waals surface area contributed by atoms with Crippen LogP contribution < -0.4 is 9.47 Å². The summed E-state index contributed by atoms with van der Waals surface area (Å²) >= 11 is 2.17. The fourth-order valence-electron chi connectivity index (χ4n) is 3.68. The molecule has 1 aliphatic rings. The van der Waals surface area contributed by atoms with Gasteiger partial charge in [-0.05, 0) is 114 Å². The Morgan fingerprint density at radius 2 is 1.67 bits per heavy atom. The van der Waals surface area contributed by atoms with E-state index in [4.69, 9.17) is 9.47 Å². The molecule has 190 valence electrons. The first kappa shape index (κ1) is 27.6. The fourth-order valence-corrected chi connectivity index (χ4v) is 4.14. The Hall–Kier alpha value is -3.01. The van der Waals surface area contributed by atoms with Gasteiger partial charge in [-0.1, -0.05) is 6.07 Å². The molecule has 0 aliphatic heterocycles. The van der Waals surface area contributed by atoms with Gasteiger partial charge < -0.3 is 14.2 Å². The lowest BCUT2D eigenvalue weighted by atomic mass is 9.94. The maximum Gasteiger partial charge on any atom is 0.341 e. The normalized spacial score (nSPS) is 12.3. The number of carbonyl (C=O) groups is 2. The topological polar surface area (TPSA) is 61.8 Å². The maximum atomic E-state index is 13.5. The average Bonchev–Trinajstić information content (AvgIpc) is 3.71. The maximum absolute atomic E-state index is 13.5. The highest BCUT2D eigenvalue weighted by molar-refractivity contribution is 14.1. The number of ether oxygens (including phenoxy) is 3. The van der Waals surface area contributed by atoms with E-state index in [9.17, 15) is 18.4 Å². The third-order valence-electron chi connectivity index (χ3n) is 5.51. The van der Waals surface area contributed by atoms with Crippen LogP contribution in [0, 0.1) is 15.2 Å². The van der Waals surface area contributed by atoms with Crippen LogP contribution in [0.4, 0.5) is 8.78 Å². The monoisotopic (exact) mass is 608 g/mol. The lowest BCUT2D eigenvalue weighted by Crippen LogP contribution is -2.05. The van der Waals surface area contributed by atoms with Crippen molar-refractivity contribution in [2.75, 3.05) is 20.3 Å². The summed E-state index contributed by atoms with van der Waals surface area (Å²) in [7, 11) is 1.36. The Labute approximate surface area is 222 Å². The average molecular weight is 608 g/mol. The third kappa shape index (κ3) is 6.81. The number of benzene rings is 3. The van der Waals surface area contributed by atoms with Crippen LogP contribution in [0.1, 0.15) is 58.9 Å². The number of hydrogen-bond donors (Lipinski definition) is 0. The standard InChI is InChI=1S/C18H16F2O2.C10H11IO3/c1-2-22-18-9-15(12-5-6-16(19)17(20)8-12)14(11-3-4-11)7-13(18)10-21;1-3-14-9-6-7(11)4-5-8(9)10(12)13-2/h5-11H,2-4H2,1H3;4-6H,3H2,1-2H3. The zero-order chi connectivity index (χ0) is 26.2. The first-order valence-corrected chi connectivity index (χ1v) is 12.6. The molecule has 0 saturated heterocycles. The van der Waals surface area contributed by atoms with E-state index < -0.39 is 11.6 Å². The minimum atomic E-state index is -0.878. The van der Waals surface area contributed by atoms with Gasteiger partial charge in [0.2, 0.25) is 0 Å². The van der Waals surface area contributed by atoms with Crippen LogP contribution in [0.15, 0.2) is 48.5 Å². The Kier molecular flexibility index (Phi) is 9.81. The van der Waals surface area contributed by atoms with Gasteiger partial charge in [0, 0.05) is 3.57 Å². The molecule has 5 nitrogen and oxygen atoms in total. The van der Waals surface area contributed by atoms with E-state index in [0.29, 0.717) is 47.3 Å². The molecule has 36 heavy (non-hydrogen) atoms. The third-order valence-corrected chi connectivity index (χ3v) is 6.18. The highest BCUT2D eigenvalue weighted by Gasteiger charge is 2.28. The molecule has 0 aromatic heterocycles. The number of esters is 1. The summed E-state index contributed by atoms with van der Waals surface area (Å²) in [6.07, 6.45) is 2.86. The number of methoxy groups -OCH3 is 1. The largest absolute Gasteiger partial charge is 0.493 e. The van der Waals surface area contributed by atoms with Crippen molar-refractivity contribution in [1.29, 1.82) is 0 Å². The second-order valence-corrected chi connectivity index (χ2v) is 9.24. The van der Waals surface area contributed by atoms with Gasteiger partial charge in [0.1, 0.15) is 17.1 Å². The molecule has 8 heteroatoms. The van der Waals surface area contributed by atoms with Crippen LogP contribution in [0.5, 0.6) is 11.5 Å². The summed E-state index contributed by atoms with van der Waals surface area (Å²) in [4.78, 5) is 22.6. The second-order valence-electron chi connectivity index (χ2n) is 8.00. The molecule has 0 atom stereocenters. The lowest BCUT2D eigenvalue weighted by Gasteiger charge is -2.14. The molecular formula is C28H27F2IO5. The molecule has 3 aromatic rings. The first-order valence-electron chi connectivity index (χ1n) is 11.5. The van der Waals surface area contributed by atoms with Gasteiger partial charge >= 0.3 is 5.97 Å². The quantitative estimate of drug-likeness (QED) is 0.154. The first-order chi connectivity index (χ1) is 17.3. The molecule has 4 rings (SSSR count). The van der Waals surface area contributed by atoms with Gasteiger partial charge in [0.05, 0.1) is 25.9 Å². The van der Waals surface area contributed by atoms with E-state index in [0.717, 1.165) is 39.9 Å². The molecule has 1 fully saturated rings. The van der Waals surface area contributed by atoms with Gasteiger partial charge in [0.25, 0.3) is 0 Å². The van der Waals surface area contributed by atoms with Crippen molar-refractivity contribution in [2.24, 2.45) is 0 Å². The Morgan fingerprint density at radius 3 is 2.25 bits per heavy atom. The number of halogens is 3. The van der Waals surface area contributed by atoms with Crippen molar-refractivity contribution in [2.45, 2.75) is 32.6 Å². The van der Waals surface area contributed by atoms with Crippen molar-refractivity contribution in [1.82, 2.24) is 0 Å². The molecular weight excluding hydrogens is 581 g/mol. The number of rotatable bonds is 8. The summed E-state index contributed by atoms with van der Waals surface area (Å²) in [5.74, 6) is -0.696. The molecule has 0 radical (unpaired) electrons. The lowest BCUT2D eigenvalue weighted by molar-refractivity contribution is 0.0596. The summed E-state index contributed by atoms with van der Waals surface area (Å²) < 4.78 is 43.2. The van der Waals surface area contributed by atoms with E-state index >= 15 is 0 Å². The van der Waals surface area contributed by atoms with Crippen LogP contribution in [-0.4, -0.2) is 32.6 Å². The van der Waals surface area contributed by atoms with E-state index in [1.807, 2.05) is 32.0 Å². The van der Waals surface area contributed by atoms with Crippen LogP contribution >= 0.6 is 22.6 Å². The van der Waals surface area contributed by atoms with Crippen molar-refractivity contribution in [3.8, 4) is 22.6 Å². The molecule has 0 heterocycles. The number of carbonyl (C=O) groups excluding carboxylic acids is 2. The number of aldehydes is 1. The summed E-state index contributed by atoms with van der Waals surface area (Å²) in [6.45, 7) is 4.67. The molecule has 0 spiro atoms. The predicted octanol–water partition coefficient (Wildman–Crippen LogP) is 7.20. The SMILES string of the molecule is CCOc1cc(-c2ccc(F)c(F)c2)c(C2CC2)cc1C=O.CCOc1cc(I)ccc1C(=O)OC. The highest BCUT2D eigenvalue weighted by atomic mass is 127. The molecule has 0 N–H and O–H groups in total. The predicted molar refractivity (Wildman–Crippen MR) is 142 cm³/mol. The minimum Gasteiger partial charge on any atom is -0.493 e. The minimum absolute atomic E-state index is 0.371. The molecule has 0 unspecified atom stereocenters. The van der Waals surface area contributed by atoms with Crippen molar-refractivity contribution in [3.05, 3.63) is 80.4 Å². The van der Waals surface area contributed by atoms with Crippen molar-refractivity contribution >= 4 is 34.8 Å². The van der Waals surface area contributed by atoms with Gasteiger partial charge in [-0.25, -0.2) is 13.6 Å². The van der Waals surface area contributed by atoms with Crippen LogP contribution in [0.3, 0.4) is 0 Å². The highest BCUT2D eigenvalue weighted by Crippen LogP contribution is 2.46. The van der Waals surface area contributed by atoms with Crippen molar-refractivity contribution < 1.29 is 32.6 Å². The van der Waals surface area contributed by atoms with Gasteiger partial charge in [-0.3, -0.25) is 4.79 Å². The van der Waals surface area contributed by atoms with Crippen LogP contribution in [0.2, 0.25) is 0 Å². The zero-order valence-electron chi connectivity index (χ0n) is 20.3. The van der Waals surface area contributed by atoms with Gasteiger partial charge in [0.15, 0.2) is 17.9 Å². The molecule has 1 aliphatic carbocycles. The molecule has 0 bridgehead atoms. The van der Waals surface area contributed by atoms with E-state index in [2.05, 4.69) is 27.3 Å². The summed E-state index contributed by atoms with van der Waals surface area (Å²) in [5.41, 5.74) is 3.36. The molecule has 1 saturated carbocycles. The molecule has 3 aromatic carbocycles. The Morgan fingerprint density at radius 1 is 0.972 bits per heavy atom. The smallest absolute Gasteiger partial charge is 0.341 e. The number of hydrogen-bond acceptors (Lipinski definition) is 5. The fraction of sp³-hybridized carbons (Fsp3) is 0.286. The van der Waals surface area contributed by atoms with Crippen LogP contribution in [-0.2, 0) is 4.74 Å². The zero-order valence-corrected chi connectivity index (χ0v) is 22.4. The van der Waals surface area contributed by atoms with E-state index in [-0.39, 0.29) is 5.97 Å². The van der Waals surface area contributed by atoms with Gasteiger partial charge in [-0.15, -0.1) is 0 Å². The second kappa shape index (κ2) is 12.8. The Balaban J connectivity index is 0.000000223. The summed E-state index contributed by atoms with van der Waals surface area (Å²) in [6, 6.07) is 12.8.